The van der Waals surface area contributed by atoms with Crippen molar-refractivity contribution in [2.45, 2.75) is 51.4 Å². The molecule has 0 aliphatic carbocycles. The van der Waals surface area contributed by atoms with Crippen molar-refractivity contribution in [1.29, 1.82) is 0 Å². The summed E-state index contributed by atoms with van der Waals surface area (Å²) in [6, 6.07) is 14.5. The lowest BCUT2D eigenvalue weighted by atomic mass is 9.93. The van der Waals surface area contributed by atoms with Gasteiger partial charge in [-0.1, -0.05) is 54.9 Å². The zero-order chi connectivity index (χ0) is 28.7. The predicted molar refractivity (Wildman–Crippen MR) is 141 cm³/mol. The molecule has 10 heteroatoms. The standard InChI is InChI=1S/C29H30ClF5N2O2/c1-3-18-6-4-5-7-24(18)28(39)36-11-10-20(19-8-9-25(30)17(2)12-19)16-37-27(38)22-13-21(26(31)32)14-23(15-22)29(33,34)35/h4-9,12-15,20,26,28,36,39H,3,10-11,16H2,1-2H3,(H,37,38). The molecular formula is C29H30ClF5N2O2. The first-order valence-electron chi connectivity index (χ1n) is 12.4. The lowest BCUT2D eigenvalue weighted by molar-refractivity contribution is -0.137. The van der Waals surface area contributed by atoms with E-state index >= 15 is 0 Å². The Kier molecular flexibility index (Phi) is 10.5. The highest BCUT2D eigenvalue weighted by atomic mass is 35.5. The Morgan fingerprint density at radius 3 is 2.38 bits per heavy atom. The highest BCUT2D eigenvalue weighted by Gasteiger charge is 2.32. The Balaban J connectivity index is 1.77. The van der Waals surface area contributed by atoms with Crippen molar-refractivity contribution in [3.8, 4) is 0 Å². The fourth-order valence-corrected chi connectivity index (χ4v) is 4.44. The van der Waals surface area contributed by atoms with E-state index in [1.807, 2.05) is 44.2 Å². The fourth-order valence-electron chi connectivity index (χ4n) is 4.33. The summed E-state index contributed by atoms with van der Waals surface area (Å²) >= 11 is 6.16. The monoisotopic (exact) mass is 568 g/mol. The maximum atomic E-state index is 13.2. The van der Waals surface area contributed by atoms with Gasteiger partial charge in [0.1, 0.15) is 6.23 Å². The van der Waals surface area contributed by atoms with Crippen LogP contribution in [-0.4, -0.2) is 24.1 Å². The van der Waals surface area contributed by atoms with Crippen LogP contribution >= 0.6 is 11.6 Å². The van der Waals surface area contributed by atoms with Crippen molar-refractivity contribution < 1.29 is 31.9 Å². The van der Waals surface area contributed by atoms with Gasteiger partial charge in [0.05, 0.1) is 5.56 Å². The molecule has 3 aromatic carbocycles. The van der Waals surface area contributed by atoms with Gasteiger partial charge in [-0.2, -0.15) is 13.2 Å². The van der Waals surface area contributed by atoms with Crippen LogP contribution in [0.4, 0.5) is 22.0 Å². The summed E-state index contributed by atoms with van der Waals surface area (Å²) < 4.78 is 66.2. The van der Waals surface area contributed by atoms with E-state index in [-0.39, 0.29) is 12.5 Å². The summed E-state index contributed by atoms with van der Waals surface area (Å²) in [7, 11) is 0. The number of amides is 1. The predicted octanol–water partition coefficient (Wildman–Crippen LogP) is 7.35. The van der Waals surface area contributed by atoms with Crippen LogP contribution in [0.15, 0.2) is 60.7 Å². The quantitative estimate of drug-likeness (QED) is 0.167. The molecule has 0 fully saturated rings. The number of aliphatic hydroxyl groups is 1. The summed E-state index contributed by atoms with van der Waals surface area (Å²) in [6.07, 6.45) is -7.78. The number of carbonyl (C=O) groups is 1. The van der Waals surface area contributed by atoms with Gasteiger partial charge in [-0.05, 0) is 72.8 Å². The van der Waals surface area contributed by atoms with Gasteiger partial charge in [-0.25, -0.2) is 8.78 Å². The molecule has 0 heterocycles. The van der Waals surface area contributed by atoms with Crippen LogP contribution in [0.3, 0.4) is 0 Å². The van der Waals surface area contributed by atoms with E-state index in [0.29, 0.717) is 30.1 Å². The van der Waals surface area contributed by atoms with Gasteiger partial charge in [0.25, 0.3) is 12.3 Å². The van der Waals surface area contributed by atoms with E-state index in [0.717, 1.165) is 34.7 Å². The Bertz CT molecular complexity index is 1280. The van der Waals surface area contributed by atoms with Gasteiger partial charge >= 0.3 is 6.18 Å². The molecule has 2 unspecified atom stereocenters. The third-order valence-corrected chi connectivity index (χ3v) is 6.94. The number of aryl methyl sites for hydroxylation is 2. The van der Waals surface area contributed by atoms with Crippen LogP contribution in [0.5, 0.6) is 0 Å². The third-order valence-electron chi connectivity index (χ3n) is 6.52. The first-order valence-corrected chi connectivity index (χ1v) is 12.8. The van der Waals surface area contributed by atoms with Crippen molar-refractivity contribution in [3.05, 3.63) is 105 Å². The lowest BCUT2D eigenvalue weighted by Crippen LogP contribution is -2.31. The molecule has 0 bridgehead atoms. The van der Waals surface area contributed by atoms with E-state index < -0.39 is 41.4 Å². The number of benzene rings is 3. The molecule has 0 radical (unpaired) electrons. The minimum atomic E-state index is -4.88. The first kappa shape index (κ1) is 30.5. The number of carbonyl (C=O) groups excluding carboxylic acids is 1. The van der Waals surface area contributed by atoms with E-state index in [9.17, 15) is 31.9 Å². The maximum absolute atomic E-state index is 13.2. The van der Waals surface area contributed by atoms with Crippen LogP contribution in [-0.2, 0) is 12.6 Å². The average molecular weight is 569 g/mol. The molecule has 3 aromatic rings. The van der Waals surface area contributed by atoms with E-state index in [1.165, 1.54) is 0 Å². The van der Waals surface area contributed by atoms with Crippen molar-refractivity contribution in [1.82, 2.24) is 10.6 Å². The number of aliphatic hydroxyl groups excluding tert-OH is 1. The minimum Gasteiger partial charge on any atom is -0.374 e. The molecule has 0 saturated carbocycles. The Morgan fingerprint density at radius 1 is 1.03 bits per heavy atom. The topological polar surface area (TPSA) is 61.4 Å². The van der Waals surface area contributed by atoms with Crippen LogP contribution < -0.4 is 10.6 Å². The summed E-state index contributed by atoms with van der Waals surface area (Å²) in [5.74, 6) is -1.21. The average Bonchev–Trinajstić information content (AvgIpc) is 2.91. The van der Waals surface area contributed by atoms with Crippen molar-refractivity contribution in [2.24, 2.45) is 0 Å². The molecule has 0 aromatic heterocycles. The van der Waals surface area contributed by atoms with Gasteiger partial charge in [0, 0.05) is 28.6 Å². The van der Waals surface area contributed by atoms with Crippen molar-refractivity contribution in [2.75, 3.05) is 13.1 Å². The highest BCUT2D eigenvalue weighted by Crippen LogP contribution is 2.33. The van der Waals surface area contributed by atoms with Gasteiger partial charge in [0.2, 0.25) is 0 Å². The van der Waals surface area contributed by atoms with Gasteiger partial charge in [-0.3, -0.25) is 10.1 Å². The van der Waals surface area contributed by atoms with E-state index in [1.54, 1.807) is 12.1 Å². The fraction of sp³-hybridized carbons (Fsp3) is 0.345. The molecule has 4 nitrogen and oxygen atoms in total. The van der Waals surface area contributed by atoms with E-state index in [4.69, 9.17) is 11.6 Å². The van der Waals surface area contributed by atoms with Crippen LogP contribution in [0, 0.1) is 6.92 Å². The van der Waals surface area contributed by atoms with Gasteiger partial charge in [0.15, 0.2) is 0 Å². The molecule has 1 amide bonds. The molecule has 0 saturated heterocycles. The van der Waals surface area contributed by atoms with Crippen LogP contribution in [0.25, 0.3) is 0 Å². The summed E-state index contributed by atoms with van der Waals surface area (Å²) in [5.41, 5.74) is 0.669. The third kappa shape index (κ3) is 8.24. The highest BCUT2D eigenvalue weighted by molar-refractivity contribution is 6.31. The molecule has 0 aliphatic heterocycles. The molecule has 39 heavy (non-hydrogen) atoms. The Hall–Kier alpha value is -3.01. The SMILES string of the molecule is CCc1ccccc1C(O)NCCC(CNC(=O)c1cc(C(F)F)cc(C(F)(F)F)c1)c1ccc(Cl)c(C)c1. The lowest BCUT2D eigenvalue weighted by Gasteiger charge is -2.22. The van der Waals surface area contributed by atoms with Crippen molar-refractivity contribution in [3.63, 3.8) is 0 Å². The molecule has 2 atom stereocenters. The molecule has 3 N–H and O–H groups in total. The van der Waals surface area contributed by atoms with Crippen LogP contribution in [0.2, 0.25) is 5.02 Å². The second-order valence-electron chi connectivity index (χ2n) is 9.26. The molecule has 0 spiro atoms. The Morgan fingerprint density at radius 2 is 1.74 bits per heavy atom. The number of nitrogens with one attached hydrogen (secondary N) is 2. The zero-order valence-corrected chi connectivity index (χ0v) is 22.2. The molecule has 3 rings (SSSR count). The molecule has 0 aliphatic rings. The molecule has 210 valence electrons. The normalized spacial score (nSPS) is 13.4. The second kappa shape index (κ2) is 13.4. The first-order chi connectivity index (χ1) is 18.4. The van der Waals surface area contributed by atoms with E-state index in [2.05, 4.69) is 10.6 Å². The summed E-state index contributed by atoms with van der Waals surface area (Å²) in [5, 5.41) is 16.9. The maximum Gasteiger partial charge on any atom is 0.416 e. The number of hydrogen-bond donors (Lipinski definition) is 3. The van der Waals surface area contributed by atoms with Crippen LogP contribution in [0.1, 0.15) is 75.7 Å². The van der Waals surface area contributed by atoms with Crippen molar-refractivity contribution >= 4 is 17.5 Å². The summed E-state index contributed by atoms with van der Waals surface area (Å²) in [4.78, 5) is 12.8. The smallest absolute Gasteiger partial charge is 0.374 e. The second-order valence-corrected chi connectivity index (χ2v) is 9.66. The number of hydrogen-bond acceptors (Lipinski definition) is 3. The minimum absolute atomic E-state index is 0.0173. The summed E-state index contributed by atoms with van der Waals surface area (Å²) in [6.45, 7) is 4.17. The Labute approximate surface area is 229 Å². The van der Waals surface area contributed by atoms with Gasteiger partial charge < -0.3 is 10.4 Å². The molecular weight excluding hydrogens is 539 g/mol. The number of rotatable bonds is 11. The van der Waals surface area contributed by atoms with Gasteiger partial charge in [-0.15, -0.1) is 0 Å². The largest absolute Gasteiger partial charge is 0.416 e. The number of alkyl halides is 5. The number of halogens is 6. The zero-order valence-electron chi connectivity index (χ0n) is 21.5.